The van der Waals surface area contributed by atoms with Crippen molar-refractivity contribution in [3.8, 4) is 0 Å². The monoisotopic (exact) mass is 919 g/mol. The Hall–Kier alpha value is -1.59. The van der Waals surface area contributed by atoms with Gasteiger partial charge in [0.2, 0.25) is 0 Å². The van der Waals surface area contributed by atoms with Gasteiger partial charge in [-0.25, -0.2) is 0 Å². The van der Waals surface area contributed by atoms with Gasteiger partial charge in [-0.3, -0.25) is 14.4 Å². The highest BCUT2D eigenvalue weighted by Crippen LogP contribution is 2.18. The van der Waals surface area contributed by atoms with Crippen LogP contribution in [0.5, 0.6) is 0 Å². The third-order valence-electron chi connectivity index (χ3n) is 13.4. The van der Waals surface area contributed by atoms with Gasteiger partial charge < -0.3 is 14.2 Å². The molecule has 0 aliphatic heterocycles. The molecule has 0 radical (unpaired) electrons. The topological polar surface area (TPSA) is 78.9 Å². The molecular formula is C59H114O6. The van der Waals surface area contributed by atoms with Crippen molar-refractivity contribution in [2.75, 3.05) is 13.2 Å². The third kappa shape index (κ3) is 53.2. The molecule has 0 unspecified atom stereocenters. The Labute approximate surface area is 406 Å². The zero-order valence-electron chi connectivity index (χ0n) is 44.8. The summed E-state index contributed by atoms with van der Waals surface area (Å²) in [4.78, 5) is 38.1. The summed E-state index contributed by atoms with van der Waals surface area (Å²) < 4.78 is 16.9. The fourth-order valence-electron chi connectivity index (χ4n) is 9.00. The summed E-state index contributed by atoms with van der Waals surface area (Å²) in [5, 5.41) is 0. The van der Waals surface area contributed by atoms with Gasteiger partial charge in [0.1, 0.15) is 13.2 Å². The highest BCUT2D eigenvalue weighted by atomic mass is 16.6. The van der Waals surface area contributed by atoms with Crippen LogP contribution in [0, 0.1) is 17.8 Å². The van der Waals surface area contributed by atoms with Crippen LogP contribution in [-0.4, -0.2) is 37.2 Å². The molecular weight excluding hydrogens is 805 g/mol. The lowest BCUT2D eigenvalue weighted by Crippen LogP contribution is -2.30. The average Bonchev–Trinajstić information content (AvgIpc) is 3.26. The molecule has 0 bridgehead atoms. The zero-order chi connectivity index (χ0) is 47.7. The van der Waals surface area contributed by atoms with Crippen LogP contribution >= 0.6 is 0 Å². The number of rotatable bonds is 52. The van der Waals surface area contributed by atoms with E-state index in [1.165, 1.54) is 205 Å². The van der Waals surface area contributed by atoms with E-state index < -0.39 is 6.10 Å². The van der Waals surface area contributed by atoms with Crippen molar-refractivity contribution in [3.05, 3.63) is 0 Å². The van der Waals surface area contributed by atoms with Gasteiger partial charge >= 0.3 is 17.9 Å². The van der Waals surface area contributed by atoms with E-state index in [1.807, 2.05) is 0 Å². The van der Waals surface area contributed by atoms with Gasteiger partial charge in [-0.1, -0.05) is 286 Å². The zero-order valence-corrected chi connectivity index (χ0v) is 44.8. The first kappa shape index (κ1) is 63.4. The smallest absolute Gasteiger partial charge is 0.306 e. The predicted molar refractivity (Wildman–Crippen MR) is 279 cm³/mol. The van der Waals surface area contributed by atoms with Crippen LogP contribution < -0.4 is 0 Å². The lowest BCUT2D eigenvalue weighted by atomic mass is 10.0. The first-order valence-electron chi connectivity index (χ1n) is 29.1. The SMILES string of the molecule is CC(C)CCCCCCCCCCCCCCCCCCC(=O)OC[C@@H](COC(=O)CCCCCCCCCCC(C)C)OC(=O)CCCCCCCCCCCCCCCCC(C)C. The van der Waals surface area contributed by atoms with E-state index in [1.54, 1.807) is 0 Å². The molecule has 65 heavy (non-hydrogen) atoms. The van der Waals surface area contributed by atoms with E-state index in [2.05, 4.69) is 41.5 Å². The quantitative estimate of drug-likeness (QED) is 0.0344. The number of esters is 3. The van der Waals surface area contributed by atoms with E-state index in [4.69, 9.17) is 14.2 Å². The molecule has 6 heteroatoms. The maximum atomic E-state index is 12.8. The summed E-state index contributed by atoms with van der Waals surface area (Å²) in [6.45, 7) is 13.7. The Bertz CT molecular complexity index is 1010. The van der Waals surface area contributed by atoms with E-state index in [9.17, 15) is 14.4 Å². The van der Waals surface area contributed by atoms with E-state index >= 15 is 0 Å². The summed E-state index contributed by atoms with van der Waals surface area (Å²) in [5.41, 5.74) is 0. The Morgan fingerprint density at radius 3 is 0.662 bits per heavy atom. The largest absolute Gasteiger partial charge is 0.462 e. The Morgan fingerprint density at radius 1 is 0.262 bits per heavy atom. The van der Waals surface area contributed by atoms with Gasteiger partial charge in [0.05, 0.1) is 0 Å². The molecule has 0 spiro atoms. The molecule has 0 aromatic carbocycles. The van der Waals surface area contributed by atoms with Crippen LogP contribution in [-0.2, 0) is 28.6 Å². The van der Waals surface area contributed by atoms with Gasteiger partial charge in [0, 0.05) is 19.3 Å². The molecule has 0 aromatic rings. The van der Waals surface area contributed by atoms with E-state index in [0.29, 0.717) is 19.3 Å². The predicted octanol–water partition coefficient (Wildman–Crippen LogP) is 19.1. The van der Waals surface area contributed by atoms with Crippen molar-refractivity contribution in [2.45, 2.75) is 330 Å². The van der Waals surface area contributed by atoms with Crippen LogP contribution in [0.25, 0.3) is 0 Å². The molecule has 0 aromatic heterocycles. The minimum atomic E-state index is -0.764. The summed E-state index contributed by atoms with van der Waals surface area (Å²) in [5.74, 6) is 1.65. The minimum Gasteiger partial charge on any atom is -0.462 e. The molecule has 0 fully saturated rings. The van der Waals surface area contributed by atoms with Crippen molar-refractivity contribution in [1.82, 2.24) is 0 Å². The number of hydrogen-bond donors (Lipinski definition) is 0. The Morgan fingerprint density at radius 2 is 0.446 bits per heavy atom. The Kier molecular flexibility index (Phi) is 49.1. The number of hydrogen-bond acceptors (Lipinski definition) is 6. The number of ether oxygens (including phenoxy) is 3. The lowest BCUT2D eigenvalue weighted by molar-refractivity contribution is -0.167. The van der Waals surface area contributed by atoms with Crippen molar-refractivity contribution >= 4 is 17.9 Å². The van der Waals surface area contributed by atoms with Gasteiger partial charge in [-0.05, 0) is 37.0 Å². The van der Waals surface area contributed by atoms with Gasteiger partial charge in [-0.15, -0.1) is 0 Å². The second-order valence-electron chi connectivity index (χ2n) is 21.7. The molecule has 0 aliphatic carbocycles. The van der Waals surface area contributed by atoms with Crippen molar-refractivity contribution in [1.29, 1.82) is 0 Å². The lowest BCUT2D eigenvalue weighted by Gasteiger charge is -2.18. The molecule has 0 amide bonds. The second-order valence-corrected chi connectivity index (χ2v) is 21.7. The average molecular weight is 920 g/mol. The minimum absolute atomic E-state index is 0.0637. The summed E-state index contributed by atoms with van der Waals surface area (Å²) in [6.07, 6.45) is 52.4. The fraction of sp³-hybridized carbons (Fsp3) is 0.949. The van der Waals surface area contributed by atoms with Crippen molar-refractivity contribution in [3.63, 3.8) is 0 Å². The normalized spacial score (nSPS) is 12.1. The highest BCUT2D eigenvalue weighted by Gasteiger charge is 2.19. The molecule has 0 saturated heterocycles. The Balaban J connectivity index is 4.26. The van der Waals surface area contributed by atoms with Crippen LogP contribution in [0.3, 0.4) is 0 Å². The molecule has 0 rings (SSSR count). The first-order chi connectivity index (χ1) is 31.6. The van der Waals surface area contributed by atoms with Crippen LogP contribution in [0.15, 0.2) is 0 Å². The van der Waals surface area contributed by atoms with Gasteiger partial charge in [0.25, 0.3) is 0 Å². The highest BCUT2D eigenvalue weighted by molar-refractivity contribution is 5.71. The molecule has 386 valence electrons. The maximum Gasteiger partial charge on any atom is 0.306 e. The molecule has 0 heterocycles. The molecule has 0 saturated carbocycles. The molecule has 1 atom stereocenters. The molecule has 0 N–H and O–H groups in total. The maximum absolute atomic E-state index is 12.8. The second kappa shape index (κ2) is 50.3. The molecule has 0 aliphatic rings. The third-order valence-corrected chi connectivity index (χ3v) is 13.4. The summed E-state index contributed by atoms with van der Waals surface area (Å²) in [6, 6.07) is 0. The standard InChI is InChI=1S/C59H114O6/c1-53(2)45-39-33-27-21-17-13-9-7-8-10-15-19-23-30-36-42-48-57(60)63-51-56(52-64-58(61)49-43-37-31-26-25-29-35-41-47-55(5)6)65-59(62)50-44-38-32-24-20-16-12-11-14-18-22-28-34-40-46-54(3)4/h53-56H,7-52H2,1-6H3/t56-/m0/s1. The van der Waals surface area contributed by atoms with E-state index in [-0.39, 0.29) is 31.1 Å². The van der Waals surface area contributed by atoms with Gasteiger partial charge in [-0.2, -0.15) is 0 Å². The number of carbonyl (C=O) groups is 3. The van der Waals surface area contributed by atoms with Crippen molar-refractivity contribution in [2.24, 2.45) is 17.8 Å². The number of carbonyl (C=O) groups excluding carboxylic acids is 3. The summed E-state index contributed by atoms with van der Waals surface area (Å²) >= 11 is 0. The van der Waals surface area contributed by atoms with E-state index in [0.717, 1.165) is 75.5 Å². The van der Waals surface area contributed by atoms with Crippen LogP contribution in [0.2, 0.25) is 0 Å². The number of unbranched alkanes of at least 4 members (excludes halogenated alkanes) is 35. The molecule has 6 nitrogen and oxygen atoms in total. The van der Waals surface area contributed by atoms with Gasteiger partial charge in [0.15, 0.2) is 6.10 Å². The summed E-state index contributed by atoms with van der Waals surface area (Å²) in [7, 11) is 0. The van der Waals surface area contributed by atoms with Crippen LogP contribution in [0.1, 0.15) is 324 Å². The fourth-order valence-corrected chi connectivity index (χ4v) is 9.00. The van der Waals surface area contributed by atoms with Crippen molar-refractivity contribution < 1.29 is 28.6 Å². The first-order valence-corrected chi connectivity index (χ1v) is 29.1. The van der Waals surface area contributed by atoms with Crippen LogP contribution in [0.4, 0.5) is 0 Å².